The molecule has 137 valence electrons. The number of nitrogens with two attached hydrogens (primary N) is 2. The van der Waals surface area contributed by atoms with E-state index in [-0.39, 0.29) is 0 Å². The van der Waals surface area contributed by atoms with Crippen molar-refractivity contribution in [3.8, 4) is 0 Å². The number of methoxy groups -OCH3 is 1. The maximum atomic E-state index is 6.41. The van der Waals surface area contributed by atoms with Gasteiger partial charge in [-0.3, -0.25) is 5.01 Å². The molecule has 2 aromatic carbocycles. The molecular formula is C22H25BN3O. The second-order valence-corrected chi connectivity index (χ2v) is 5.77. The fourth-order valence-corrected chi connectivity index (χ4v) is 2.61. The highest BCUT2D eigenvalue weighted by molar-refractivity contribution is 6.68. The standard InChI is InChI=1S/C22H25BN3O/c1-4-5-15-21(17(2)27-3)26(25)22(16-24)19-13-9-10-14-20(19)23-18-11-7-6-8-12-18/h4-16H,2,24-25H2,1,3H3/b5-4-,21-15+,22-16-. The Kier molecular flexibility index (Phi) is 7.53. The van der Waals surface area contributed by atoms with Crippen LogP contribution in [0.1, 0.15) is 12.5 Å². The molecule has 5 heteroatoms. The Morgan fingerprint density at radius 3 is 2.41 bits per heavy atom. The maximum Gasteiger partial charge on any atom is 0.192 e. The number of nitrogens with zero attached hydrogens (tertiary/aromatic N) is 1. The molecule has 0 saturated carbocycles. The molecule has 0 amide bonds. The van der Waals surface area contributed by atoms with Gasteiger partial charge in [0.15, 0.2) is 7.28 Å². The first-order chi connectivity index (χ1) is 13.1. The van der Waals surface area contributed by atoms with Crippen LogP contribution in [0.4, 0.5) is 0 Å². The van der Waals surface area contributed by atoms with Gasteiger partial charge in [-0.25, -0.2) is 5.84 Å². The van der Waals surface area contributed by atoms with Crippen molar-refractivity contribution >= 4 is 23.9 Å². The Morgan fingerprint density at radius 2 is 1.78 bits per heavy atom. The summed E-state index contributed by atoms with van der Waals surface area (Å²) in [5.41, 5.74) is 10.2. The molecule has 2 aromatic rings. The number of rotatable bonds is 8. The average Bonchev–Trinajstić information content (AvgIpc) is 2.70. The SMILES string of the molecule is C=C(OC)/C(=C\C=C/C)N(N)/C(=C\N)c1ccccc1[B]c1ccccc1. The molecule has 0 fully saturated rings. The van der Waals surface area contributed by atoms with Crippen molar-refractivity contribution in [3.05, 3.63) is 103 Å². The van der Waals surface area contributed by atoms with E-state index in [9.17, 15) is 0 Å². The van der Waals surface area contributed by atoms with Gasteiger partial charge in [0.25, 0.3) is 0 Å². The minimum absolute atomic E-state index is 0.444. The number of hydrogen-bond acceptors (Lipinski definition) is 4. The summed E-state index contributed by atoms with van der Waals surface area (Å²) in [5, 5.41) is 1.49. The number of hydrogen-bond donors (Lipinski definition) is 2. The predicted octanol–water partition coefficient (Wildman–Crippen LogP) is 2.39. The van der Waals surface area contributed by atoms with Crippen molar-refractivity contribution in [3.63, 3.8) is 0 Å². The van der Waals surface area contributed by atoms with Crippen LogP contribution < -0.4 is 22.5 Å². The lowest BCUT2D eigenvalue weighted by Gasteiger charge is -2.26. The molecule has 0 aliphatic rings. The smallest absolute Gasteiger partial charge is 0.192 e. The normalized spacial score (nSPS) is 12.1. The molecule has 0 bridgehead atoms. The van der Waals surface area contributed by atoms with E-state index in [1.807, 2.05) is 79.7 Å². The Bertz CT molecular complexity index is 857. The van der Waals surface area contributed by atoms with E-state index in [0.29, 0.717) is 17.2 Å². The predicted molar refractivity (Wildman–Crippen MR) is 115 cm³/mol. The van der Waals surface area contributed by atoms with Crippen LogP contribution in [0, 0.1) is 0 Å². The Hall–Kier alpha value is -3.18. The van der Waals surface area contributed by atoms with Crippen molar-refractivity contribution in [1.29, 1.82) is 0 Å². The molecule has 4 N–H and O–H groups in total. The largest absolute Gasteiger partial charge is 0.495 e. The minimum atomic E-state index is 0.444. The highest BCUT2D eigenvalue weighted by Gasteiger charge is 2.18. The molecular weight excluding hydrogens is 333 g/mol. The van der Waals surface area contributed by atoms with Gasteiger partial charge in [-0.05, 0) is 18.6 Å². The molecule has 1 radical (unpaired) electrons. The summed E-state index contributed by atoms with van der Waals surface area (Å²) in [6.07, 6.45) is 7.10. The summed E-state index contributed by atoms with van der Waals surface area (Å²) in [6.45, 7) is 5.85. The van der Waals surface area contributed by atoms with E-state index >= 15 is 0 Å². The first-order valence-electron chi connectivity index (χ1n) is 8.64. The van der Waals surface area contributed by atoms with Crippen molar-refractivity contribution in [1.82, 2.24) is 5.01 Å². The summed E-state index contributed by atoms with van der Waals surface area (Å²) in [6, 6.07) is 18.0. The highest BCUT2D eigenvalue weighted by Crippen LogP contribution is 2.22. The molecule has 4 nitrogen and oxygen atoms in total. The van der Waals surface area contributed by atoms with Crippen LogP contribution >= 0.6 is 0 Å². The first-order valence-corrected chi connectivity index (χ1v) is 8.64. The third-order valence-corrected chi connectivity index (χ3v) is 4.01. The fraction of sp³-hybridized carbons (Fsp3) is 0.0909. The summed E-state index contributed by atoms with van der Waals surface area (Å²) in [5.74, 6) is 6.86. The van der Waals surface area contributed by atoms with Gasteiger partial charge in [0.2, 0.25) is 0 Å². The molecule has 2 rings (SSSR count). The van der Waals surface area contributed by atoms with E-state index in [1.54, 1.807) is 7.11 Å². The van der Waals surface area contributed by atoms with E-state index in [2.05, 4.69) is 13.9 Å². The zero-order valence-corrected chi connectivity index (χ0v) is 15.8. The molecule has 0 aromatic heterocycles. The lowest BCUT2D eigenvalue weighted by atomic mass is 9.62. The van der Waals surface area contributed by atoms with E-state index in [0.717, 1.165) is 16.5 Å². The lowest BCUT2D eigenvalue weighted by Crippen LogP contribution is -2.35. The number of allylic oxidation sites excluding steroid dienone is 3. The van der Waals surface area contributed by atoms with Crippen LogP contribution in [0.3, 0.4) is 0 Å². The van der Waals surface area contributed by atoms with Crippen LogP contribution in [0.5, 0.6) is 0 Å². The van der Waals surface area contributed by atoms with Crippen LogP contribution in [0.15, 0.2) is 97.1 Å². The quantitative estimate of drug-likeness (QED) is 0.250. The first kappa shape index (κ1) is 20.1. The van der Waals surface area contributed by atoms with E-state index < -0.39 is 0 Å². The second kappa shape index (κ2) is 10.1. The molecule has 0 spiro atoms. The summed E-state index contributed by atoms with van der Waals surface area (Å²) in [4.78, 5) is 0. The molecule has 0 aliphatic heterocycles. The molecule has 0 atom stereocenters. The lowest BCUT2D eigenvalue weighted by molar-refractivity contribution is 0.282. The van der Waals surface area contributed by atoms with Gasteiger partial charge >= 0.3 is 0 Å². The summed E-state index contributed by atoms with van der Waals surface area (Å²) < 4.78 is 5.29. The highest BCUT2D eigenvalue weighted by atomic mass is 16.5. The Balaban J connectivity index is 2.44. The minimum Gasteiger partial charge on any atom is -0.495 e. The van der Waals surface area contributed by atoms with Crippen LogP contribution in [-0.2, 0) is 4.74 Å². The van der Waals surface area contributed by atoms with Crippen LogP contribution in [-0.4, -0.2) is 19.4 Å². The monoisotopic (exact) mass is 358 g/mol. The summed E-state index contributed by atoms with van der Waals surface area (Å²) in [7, 11) is 3.65. The van der Waals surface area contributed by atoms with Gasteiger partial charge in [0.05, 0.1) is 18.5 Å². The van der Waals surface area contributed by atoms with E-state index in [1.165, 1.54) is 11.2 Å². The van der Waals surface area contributed by atoms with Crippen molar-refractivity contribution in [2.24, 2.45) is 11.6 Å². The number of benzene rings is 2. The molecule has 27 heavy (non-hydrogen) atoms. The molecule has 0 heterocycles. The number of ether oxygens (including phenoxy) is 1. The van der Waals surface area contributed by atoms with Crippen LogP contribution in [0.25, 0.3) is 5.70 Å². The third kappa shape index (κ3) is 5.15. The third-order valence-electron chi connectivity index (χ3n) is 4.01. The van der Waals surface area contributed by atoms with Crippen molar-refractivity contribution in [2.45, 2.75) is 6.92 Å². The zero-order valence-electron chi connectivity index (χ0n) is 15.8. The van der Waals surface area contributed by atoms with Crippen molar-refractivity contribution < 1.29 is 4.74 Å². The molecule has 0 aliphatic carbocycles. The average molecular weight is 358 g/mol. The van der Waals surface area contributed by atoms with Crippen molar-refractivity contribution in [2.75, 3.05) is 7.11 Å². The fourth-order valence-electron chi connectivity index (χ4n) is 2.61. The van der Waals surface area contributed by atoms with Gasteiger partial charge in [-0.15, -0.1) is 0 Å². The van der Waals surface area contributed by atoms with E-state index in [4.69, 9.17) is 16.3 Å². The van der Waals surface area contributed by atoms with Gasteiger partial charge in [0, 0.05) is 6.20 Å². The van der Waals surface area contributed by atoms with Gasteiger partial charge in [0.1, 0.15) is 5.76 Å². The van der Waals surface area contributed by atoms with Gasteiger partial charge in [-0.1, -0.05) is 84.3 Å². The molecule has 0 unspecified atom stereocenters. The van der Waals surface area contributed by atoms with Gasteiger partial charge in [-0.2, -0.15) is 0 Å². The maximum absolute atomic E-state index is 6.41. The topological polar surface area (TPSA) is 64.5 Å². The Labute approximate surface area is 162 Å². The van der Waals surface area contributed by atoms with Gasteiger partial charge < -0.3 is 10.5 Å². The summed E-state index contributed by atoms with van der Waals surface area (Å²) >= 11 is 0. The Morgan fingerprint density at radius 1 is 1.11 bits per heavy atom. The van der Waals surface area contributed by atoms with Crippen LogP contribution in [0.2, 0.25) is 0 Å². The number of hydrazine groups is 1. The second-order valence-electron chi connectivity index (χ2n) is 5.77. The zero-order chi connectivity index (χ0) is 19.6. The molecule has 0 saturated heterocycles.